The van der Waals surface area contributed by atoms with Crippen LogP contribution in [0.25, 0.3) is 0 Å². The number of carbonyl (C=O) groups is 1. The largest absolute Gasteiger partial charge is 0.316 e. The van der Waals surface area contributed by atoms with Gasteiger partial charge in [0.2, 0.25) is 0 Å². The highest BCUT2D eigenvalue weighted by Gasteiger charge is 2.22. The molecule has 0 saturated carbocycles. The van der Waals surface area contributed by atoms with Gasteiger partial charge in [0.25, 0.3) is 0 Å². The summed E-state index contributed by atoms with van der Waals surface area (Å²) in [4.78, 5) is 11.8. The predicted molar refractivity (Wildman–Crippen MR) is 56.1 cm³/mol. The molecule has 1 aliphatic rings. The van der Waals surface area contributed by atoms with Gasteiger partial charge in [-0.15, -0.1) is 0 Å². The molecule has 1 fully saturated rings. The lowest BCUT2D eigenvalue weighted by molar-refractivity contribution is -0.121. The van der Waals surface area contributed by atoms with E-state index < -0.39 is 0 Å². The van der Waals surface area contributed by atoms with E-state index in [1.54, 1.807) is 12.1 Å². The Morgan fingerprint density at radius 2 is 2.40 bits per heavy atom. The van der Waals surface area contributed by atoms with Crippen LogP contribution in [-0.4, -0.2) is 18.9 Å². The second kappa shape index (κ2) is 4.53. The minimum atomic E-state index is -0.273. The Labute approximate surface area is 88.5 Å². The number of hydrogen-bond acceptors (Lipinski definition) is 2. The highest BCUT2D eigenvalue weighted by atomic mass is 19.1. The van der Waals surface area contributed by atoms with E-state index in [4.69, 9.17) is 0 Å². The number of nitrogens with one attached hydrogen (secondary N) is 1. The molecule has 3 heteroatoms. The van der Waals surface area contributed by atoms with Crippen LogP contribution in [-0.2, 0) is 11.2 Å². The SMILES string of the molecule is O=C(Cc1cccc(F)c1)C1CCNC1. The highest BCUT2D eigenvalue weighted by molar-refractivity contribution is 5.83. The zero-order valence-corrected chi connectivity index (χ0v) is 8.50. The first-order valence-corrected chi connectivity index (χ1v) is 5.23. The van der Waals surface area contributed by atoms with E-state index in [-0.39, 0.29) is 17.5 Å². The molecule has 0 radical (unpaired) electrons. The third kappa shape index (κ3) is 2.63. The lowest BCUT2D eigenvalue weighted by Gasteiger charge is -2.06. The van der Waals surface area contributed by atoms with E-state index >= 15 is 0 Å². The van der Waals surface area contributed by atoms with E-state index in [0.717, 1.165) is 25.1 Å². The van der Waals surface area contributed by atoms with Crippen molar-refractivity contribution in [2.24, 2.45) is 5.92 Å². The summed E-state index contributed by atoms with van der Waals surface area (Å²) in [5, 5.41) is 3.16. The number of halogens is 1. The average molecular weight is 207 g/mol. The Morgan fingerprint density at radius 1 is 1.53 bits per heavy atom. The highest BCUT2D eigenvalue weighted by Crippen LogP contribution is 2.13. The molecule has 0 bridgehead atoms. The molecule has 1 aliphatic heterocycles. The molecule has 2 nitrogen and oxygen atoms in total. The van der Waals surface area contributed by atoms with Crippen LogP contribution in [0.2, 0.25) is 0 Å². The fraction of sp³-hybridized carbons (Fsp3) is 0.417. The number of Topliss-reactive ketones (excluding diaryl/α,β-unsaturated/α-hetero) is 1. The van der Waals surface area contributed by atoms with Crippen molar-refractivity contribution in [2.45, 2.75) is 12.8 Å². The Balaban J connectivity index is 1.99. The van der Waals surface area contributed by atoms with E-state index in [2.05, 4.69) is 5.32 Å². The van der Waals surface area contributed by atoms with E-state index in [1.807, 2.05) is 0 Å². The molecule has 1 heterocycles. The number of hydrogen-bond donors (Lipinski definition) is 1. The smallest absolute Gasteiger partial charge is 0.141 e. The van der Waals surface area contributed by atoms with Crippen molar-refractivity contribution in [3.63, 3.8) is 0 Å². The van der Waals surface area contributed by atoms with Gasteiger partial charge < -0.3 is 5.32 Å². The molecule has 0 amide bonds. The van der Waals surface area contributed by atoms with Crippen LogP contribution in [0.15, 0.2) is 24.3 Å². The zero-order chi connectivity index (χ0) is 10.7. The van der Waals surface area contributed by atoms with Crippen LogP contribution in [0.1, 0.15) is 12.0 Å². The monoisotopic (exact) mass is 207 g/mol. The van der Waals surface area contributed by atoms with Gasteiger partial charge in [-0.1, -0.05) is 12.1 Å². The van der Waals surface area contributed by atoms with Gasteiger partial charge >= 0.3 is 0 Å². The van der Waals surface area contributed by atoms with Gasteiger partial charge in [-0.05, 0) is 30.7 Å². The minimum Gasteiger partial charge on any atom is -0.316 e. The Hall–Kier alpha value is -1.22. The molecule has 1 unspecified atom stereocenters. The topological polar surface area (TPSA) is 29.1 Å². The summed E-state index contributed by atoms with van der Waals surface area (Å²) in [5.41, 5.74) is 0.770. The van der Waals surface area contributed by atoms with Crippen molar-refractivity contribution in [3.05, 3.63) is 35.6 Å². The first kappa shape index (κ1) is 10.3. The van der Waals surface area contributed by atoms with E-state index in [9.17, 15) is 9.18 Å². The van der Waals surface area contributed by atoms with Crippen LogP contribution in [0.3, 0.4) is 0 Å². The first-order chi connectivity index (χ1) is 7.25. The maximum atomic E-state index is 12.9. The second-order valence-corrected chi connectivity index (χ2v) is 3.96. The molecule has 1 aromatic carbocycles. The fourth-order valence-electron chi connectivity index (χ4n) is 1.92. The van der Waals surface area contributed by atoms with Gasteiger partial charge in [0.15, 0.2) is 0 Å². The molecular formula is C12H14FNO. The lowest BCUT2D eigenvalue weighted by atomic mass is 9.97. The first-order valence-electron chi connectivity index (χ1n) is 5.23. The fourth-order valence-corrected chi connectivity index (χ4v) is 1.92. The number of carbonyl (C=O) groups excluding carboxylic acids is 1. The van der Waals surface area contributed by atoms with Crippen molar-refractivity contribution in [1.82, 2.24) is 5.32 Å². The van der Waals surface area contributed by atoms with Crippen molar-refractivity contribution >= 4 is 5.78 Å². The summed E-state index contributed by atoms with van der Waals surface area (Å²) in [7, 11) is 0. The maximum absolute atomic E-state index is 12.9. The zero-order valence-electron chi connectivity index (χ0n) is 8.50. The number of ketones is 1. The normalized spacial score (nSPS) is 20.5. The van der Waals surface area contributed by atoms with Gasteiger partial charge in [0.05, 0.1) is 0 Å². The van der Waals surface area contributed by atoms with E-state index in [0.29, 0.717) is 6.42 Å². The third-order valence-electron chi connectivity index (χ3n) is 2.78. The molecule has 0 aromatic heterocycles. The minimum absolute atomic E-state index is 0.119. The second-order valence-electron chi connectivity index (χ2n) is 3.96. The van der Waals surface area contributed by atoms with Crippen LogP contribution in [0.4, 0.5) is 4.39 Å². The summed E-state index contributed by atoms with van der Waals surface area (Å²) in [6.45, 7) is 1.69. The molecule has 1 aromatic rings. The molecule has 15 heavy (non-hydrogen) atoms. The Kier molecular flexibility index (Phi) is 3.11. The van der Waals surface area contributed by atoms with Crippen molar-refractivity contribution in [2.75, 3.05) is 13.1 Å². The van der Waals surface area contributed by atoms with Crippen molar-refractivity contribution in [3.8, 4) is 0 Å². The summed E-state index contributed by atoms with van der Waals surface area (Å²) in [6, 6.07) is 6.26. The predicted octanol–water partition coefficient (Wildman–Crippen LogP) is 1.55. The Morgan fingerprint density at radius 3 is 3.07 bits per heavy atom. The van der Waals surface area contributed by atoms with Gasteiger partial charge in [0.1, 0.15) is 11.6 Å². The summed E-state index contributed by atoms with van der Waals surface area (Å²) >= 11 is 0. The van der Waals surface area contributed by atoms with Crippen LogP contribution in [0.5, 0.6) is 0 Å². The van der Waals surface area contributed by atoms with Crippen molar-refractivity contribution < 1.29 is 9.18 Å². The Bertz CT molecular complexity index is 358. The third-order valence-corrected chi connectivity index (χ3v) is 2.78. The molecule has 1 saturated heterocycles. The summed E-state index contributed by atoms with van der Waals surface area (Å²) in [6.07, 6.45) is 1.26. The number of benzene rings is 1. The van der Waals surface area contributed by atoms with Crippen LogP contribution < -0.4 is 5.32 Å². The number of rotatable bonds is 3. The molecule has 0 aliphatic carbocycles. The van der Waals surface area contributed by atoms with Crippen molar-refractivity contribution in [1.29, 1.82) is 0 Å². The van der Waals surface area contributed by atoms with Gasteiger partial charge in [-0.3, -0.25) is 4.79 Å². The summed E-state index contributed by atoms with van der Waals surface area (Å²) in [5.74, 6) is 0.0590. The van der Waals surface area contributed by atoms with Crippen LogP contribution >= 0.6 is 0 Å². The van der Waals surface area contributed by atoms with E-state index in [1.165, 1.54) is 12.1 Å². The lowest BCUT2D eigenvalue weighted by Crippen LogP contribution is -2.19. The van der Waals surface area contributed by atoms with Gasteiger partial charge in [-0.2, -0.15) is 0 Å². The molecular weight excluding hydrogens is 193 g/mol. The standard InChI is InChI=1S/C12H14FNO/c13-11-3-1-2-9(6-11)7-12(15)10-4-5-14-8-10/h1-3,6,10,14H,4-5,7-8H2. The average Bonchev–Trinajstić information content (AvgIpc) is 2.70. The molecule has 0 spiro atoms. The quantitative estimate of drug-likeness (QED) is 0.814. The van der Waals surface area contributed by atoms with Crippen LogP contribution in [0, 0.1) is 11.7 Å². The maximum Gasteiger partial charge on any atom is 0.141 e. The molecule has 2 rings (SSSR count). The van der Waals surface area contributed by atoms with Gasteiger partial charge in [0, 0.05) is 18.9 Å². The summed E-state index contributed by atoms with van der Waals surface area (Å²) < 4.78 is 12.9. The molecule has 80 valence electrons. The molecule has 1 N–H and O–H groups in total. The van der Waals surface area contributed by atoms with Gasteiger partial charge in [-0.25, -0.2) is 4.39 Å². The molecule has 1 atom stereocenters.